The molecule has 1 saturated carbocycles. The van der Waals surface area contributed by atoms with Crippen molar-refractivity contribution in [2.45, 2.75) is 52.0 Å². The standard InChI is InChI=1S/C15H22N2O/c1-3-15(18)17-13-9-8-11(2)14(10-13)16-12-6-4-5-7-12/h8-10,12,16H,3-7H2,1-2H3,(H,17,18). The highest BCUT2D eigenvalue weighted by atomic mass is 16.1. The van der Waals surface area contributed by atoms with Gasteiger partial charge in [-0.05, 0) is 37.5 Å². The molecule has 0 saturated heterocycles. The van der Waals surface area contributed by atoms with Crippen LogP contribution >= 0.6 is 0 Å². The van der Waals surface area contributed by atoms with E-state index in [4.69, 9.17) is 0 Å². The summed E-state index contributed by atoms with van der Waals surface area (Å²) in [6.45, 7) is 3.96. The Kier molecular flexibility index (Phi) is 4.24. The molecule has 3 nitrogen and oxygen atoms in total. The Morgan fingerprint density at radius 2 is 2.06 bits per heavy atom. The van der Waals surface area contributed by atoms with Crippen molar-refractivity contribution in [3.8, 4) is 0 Å². The average molecular weight is 246 g/mol. The zero-order chi connectivity index (χ0) is 13.0. The first-order valence-electron chi connectivity index (χ1n) is 6.86. The second-order valence-electron chi connectivity index (χ2n) is 5.06. The number of hydrogen-bond acceptors (Lipinski definition) is 2. The maximum atomic E-state index is 11.4. The first-order chi connectivity index (χ1) is 8.69. The molecule has 0 radical (unpaired) electrons. The molecule has 1 amide bonds. The van der Waals surface area contributed by atoms with Gasteiger partial charge in [0.2, 0.25) is 5.91 Å². The van der Waals surface area contributed by atoms with Crippen LogP contribution in [0.25, 0.3) is 0 Å². The molecule has 1 fully saturated rings. The van der Waals surface area contributed by atoms with Crippen LogP contribution in [0, 0.1) is 6.92 Å². The number of aryl methyl sites for hydroxylation is 1. The van der Waals surface area contributed by atoms with E-state index in [-0.39, 0.29) is 5.91 Å². The van der Waals surface area contributed by atoms with Gasteiger partial charge in [0.25, 0.3) is 0 Å². The van der Waals surface area contributed by atoms with Crippen LogP contribution in [-0.2, 0) is 4.79 Å². The number of carbonyl (C=O) groups is 1. The first-order valence-corrected chi connectivity index (χ1v) is 6.86. The number of anilines is 2. The molecule has 1 aliphatic carbocycles. The van der Waals surface area contributed by atoms with Crippen molar-refractivity contribution in [2.24, 2.45) is 0 Å². The third kappa shape index (κ3) is 3.25. The molecule has 0 atom stereocenters. The van der Waals surface area contributed by atoms with Gasteiger partial charge in [-0.15, -0.1) is 0 Å². The van der Waals surface area contributed by atoms with Crippen LogP contribution in [0.2, 0.25) is 0 Å². The van der Waals surface area contributed by atoms with E-state index in [9.17, 15) is 4.79 Å². The van der Waals surface area contributed by atoms with E-state index >= 15 is 0 Å². The van der Waals surface area contributed by atoms with E-state index in [1.807, 2.05) is 19.1 Å². The summed E-state index contributed by atoms with van der Waals surface area (Å²) in [6, 6.07) is 6.66. The predicted molar refractivity (Wildman–Crippen MR) is 76.0 cm³/mol. The van der Waals surface area contributed by atoms with Gasteiger partial charge in [0, 0.05) is 23.8 Å². The van der Waals surface area contributed by atoms with Gasteiger partial charge in [-0.1, -0.05) is 25.8 Å². The highest BCUT2D eigenvalue weighted by Gasteiger charge is 2.15. The van der Waals surface area contributed by atoms with E-state index in [1.54, 1.807) is 0 Å². The molecule has 2 N–H and O–H groups in total. The zero-order valence-electron chi connectivity index (χ0n) is 11.3. The summed E-state index contributed by atoms with van der Waals surface area (Å²) >= 11 is 0. The summed E-state index contributed by atoms with van der Waals surface area (Å²) in [5.41, 5.74) is 3.26. The smallest absolute Gasteiger partial charge is 0.224 e. The Hall–Kier alpha value is -1.51. The zero-order valence-corrected chi connectivity index (χ0v) is 11.3. The predicted octanol–water partition coefficient (Wildman–Crippen LogP) is 3.70. The minimum Gasteiger partial charge on any atom is -0.382 e. The third-order valence-corrected chi connectivity index (χ3v) is 3.56. The van der Waals surface area contributed by atoms with E-state index in [0.29, 0.717) is 12.5 Å². The summed E-state index contributed by atoms with van der Waals surface area (Å²) in [4.78, 5) is 11.4. The molecule has 0 spiro atoms. The topological polar surface area (TPSA) is 41.1 Å². The molecule has 0 bridgehead atoms. The minimum absolute atomic E-state index is 0.0608. The summed E-state index contributed by atoms with van der Waals surface area (Å²) in [5.74, 6) is 0.0608. The van der Waals surface area contributed by atoms with Crippen molar-refractivity contribution in [3.05, 3.63) is 23.8 Å². The van der Waals surface area contributed by atoms with Gasteiger partial charge in [-0.25, -0.2) is 0 Å². The Morgan fingerprint density at radius 1 is 1.33 bits per heavy atom. The molecule has 0 aromatic heterocycles. The maximum Gasteiger partial charge on any atom is 0.224 e. The fourth-order valence-electron chi connectivity index (χ4n) is 2.39. The summed E-state index contributed by atoms with van der Waals surface area (Å²) in [7, 11) is 0. The average Bonchev–Trinajstić information content (AvgIpc) is 2.86. The second kappa shape index (κ2) is 5.89. The van der Waals surface area contributed by atoms with Crippen LogP contribution in [0.3, 0.4) is 0 Å². The molecule has 2 rings (SSSR count). The number of rotatable bonds is 4. The number of benzene rings is 1. The first kappa shape index (κ1) is 12.9. The van der Waals surface area contributed by atoms with Crippen molar-refractivity contribution in [3.63, 3.8) is 0 Å². The number of nitrogens with one attached hydrogen (secondary N) is 2. The van der Waals surface area contributed by atoms with Crippen LogP contribution in [0.1, 0.15) is 44.6 Å². The lowest BCUT2D eigenvalue weighted by atomic mass is 10.1. The lowest BCUT2D eigenvalue weighted by Crippen LogP contribution is -2.16. The van der Waals surface area contributed by atoms with Gasteiger partial charge in [0.05, 0.1) is 0 Å². The van der Waals surface area contributed by atoms with Gasteiger partial charge < -0.3 is 10.6 Å². The van der Waals surface area contributed by atoms with Gasteiger partial charge >= 0.3 is 0 Å². The molecular weight excluding hydrogens is 224 g/mol. The van der Waals surface area contributed by atoms with Crippen molar-refractivity contribution < 1.29 is 4.79 Å². The summed E-state index contributed by atoms with van der Waals surface area (Å²) in [6.07, 6.45) is 5.67. The van der Waals surface area contributed by atoms with Crippen LogP contribution in [0.5, 0.6) is 0 Å². The van der Waals surface area contributed by atoms with Crippen molar-refractivity contribution in [2.75, 3.05) is 10.6 Å². The van der Waals surface area contributed by atoms with Crippen LogP contribution in [0.15, 0.2) is 18.2 Å². The molecule has 0 aliphatic heterocycles. The maximum absolute atomic E-state index is 11.4. The van der Waals surface area contributed by atoms with Crippen molar-refractivity contribution in [1.29, 1.82) is 0 Å². The number of amides is 1. The van der Waals surface area contributed by atoms with E-state index in [0.717, 1.165) is 11.4 Å². The van der Waals surface area contributed by atoms with E-state index in [2.05, 4.69) is 23.6 Å². The van der Waals surface area contributed by atoms with Crippen LogP contribution < -0.4 is 10.6 Å². The quantitative estimate of drug-likeness (QED) is 0.850. The van der Waals surface area contributed by atoms with E-state index < -0.39 is 0 Å². The highest BCUT2D eigenvalue weighted by Crippen LogP contribution is 2.26. The monoisotopic (exact) mass is 246 g/mol. The lowest BCUT2D eigenvalue weighted by Gasteiger charge is -2.17. The molecule has 1 aliphatic rings. The molecule has 0 heterocycles. The molecule has 98 valence electrons. The SMILES string of the molecule is CCC(=O)Nc1ccc(C)c(NC2CCCC2)c1. The fraction of sp³-hybridized carbons (Fsp3) is 0.533. The fourth-order valence-corrected chi connectivity index (χ4v) is 2.39. The molecule has 1 aromatic carbocycles. The van der Waals surface area contributed by atoms with E-state index in [1.165, 1.54) is 31.2 Å². The van der Waals surface area contributed by atoms with Crippen LogP contribution in [-0.4, -0.2) is 11.9 Å². The van der Waals surface area contributed by atoms with Crippen LogP contribution in [0.4, 0.5) is 11.4 Å². The number of carbonyl (C=O) groups excluding carboxylic acids is 1. The summed E-state index contributed by atoms with van der Waals surface area (Å²) in [5, 5.41) is 6.49. The largest absolute Gasteiger partial charge is 0.382 e. The third-order valence-electron chi connectivity index (χ3n) is 3.56. The highest BCUT2D eigenvalue weighted by molar-refractivity contribution is 5.91. The molecule has 1 aromatic rings. The van der Waals surface area contributed by atoms with Crippen molar-refractivity contribution in [1.82, 2.24) is 0 Å². The molecule has 18 heavy (non-hydrogen) atoms. The van der Waals surface area contributed by atoms with Gasteiger partial charge in [-0.2, -0.15) is 0 Å². The Labute approximate surface area is 109 Å². The second-order valence-corrected chi connectivity index (χ2v) is 5.06. The minimum atomic E-state index is 0.0608. The molecular formula is C15H22N2O. The van der Waals surface area contributed by atoms with Gasteiger partial charge in [0.15, 0.2) is 0 Å². The number of hydrogen-bond donors (Lipinski definition) is 2. The normalized spacial score (nSPS) is 15.7. The van der Waals surface area contributed by atoms with Gasteiger partial charge in [-0.3, -0.25) is 4.79 Å². The summed E-state index contributed by atoms with van der Waals surface area (Å²) < 4.78 is 0. The van der Waals surface area contributed by atoms with Gasteiger partial charge in [0.1, 0.15) is 0 Å². The Bertz CT molecular complexity index is 423. The van der Waals surface area contributed by atoms with Crippen molar-refractivity contribution >= 4 is 17.3 Å². The Morgan fingerprint density at radius 3 is 2.72 bits per heavy atom. The molecule has 3 heteroatoms. The lowest BCUT2D eigenvalue weighted by molar-refractivity contribution is -0.115. The molecule has 0 unspecified atom stereocenters. The Balaban J connectivity index is 2.08.